The number of halogens is 2. The van der Waals surface area contributed by atoms with Gasteiger partial charge in [0.15, 0.2) is 11.5 Å². The SMILES string of the molecule is CC(C)CC[C@@H]1CCCN1C(=O)c1ncc(F)cc1F. The van der Waals surface area contributed by atoms with Gasteiger partial charge in [-0.25, -0.2) is 13.8 Å². The molecule has 3 nitrogen and oxygen atoms in total. The molecule has 5 heteroatoms. The lowest BCUT2D eigenvalue weighted by molar-refractivity contribution is 0.0715. The number of hydrogen-bond donors (Lipinski definition) is 0. The van der Waals surface area contributed by atoms with Gasteiger partial charge in [0.2, 0.25) is 0 Å². The largest absolute Gasteiger partial charge is 0.334 e. The van der Waals surface area contributed by atoms with Gasteiger partial charge in [-0.3, -0.25) is 4.79 Å². The van der Waals surface area contributed by atoms with Crippen LogP contribution in [0.15, 0.2) is 12.3 Å². The third kappa shape index (κ3) is 3.32. The standard InChI is InChI=1S/C15H20F2N2O/c1-10(2)5-6-12-4-3-7-19(12)15(20)14-13(17)8-11(16)9-18-14/h8-10,12H,3-7H2,1-2H3/t12-/m0/s1. The van der Waals surface area contributed by atoms with Crippen LogP contribution < -0.4 is 0 Å². The molecular weight excluding hydrogens is 262 g/mol. The zero-order chi connectivity index (χ0) is 14.7. The van der Waals surface area contributed by atoms with Crippen LogP contribution in [0.5, 0.6) is 0 Å². The molecule has 20 heavy (non-hydrogen) atoms. The fourth-order valence-corrected chi connectivity index (χ4v) is 2.64. The molecule has 2 rings (SSSR count). The Balaban J connectivity index is 2.10. The monoisotopic (exact) mass is 282 g/mol. The average molecular weight is 282 g/mol. The highest BCUT2D eigenvalue weighted by atomic mass is 19.1. The summed E-state index contributed by atoms with van der Waals surface area (Å²) in [5.74, 6) is -1.50. The molecule has 1 aliphatic heterocycles. The summed E-state index contributed by atoms with van der Waals surface area (Å²) in [5, 5.41) is 0. The number of hydrogen-bond acceptors (Lipinski definition) is 2. The van der Waals surface area contributed by atoms with Gasteiger partial charge < -0.3 is 4.90 Å². The maximum absolute atomic E-state index is 13.6. The summed E-state index contributed by atoms with van der Waals surface area (Å²) in [6.07, 6.45) is 4.72. The summed E-state index contributed by atoms with van der Waals surface area (Å²) in [7, 11) is 0. The third-order valence-electron chi connectivity index (χ3n) is 3.73. The maximum atomic E-state index is 13.6. The smallest absolute Gasteiger partial charge is 0.275 e. The first kappa shape index (κ1) is 14.9. The van der Waals surface area contributed by atoms with Crippen molar-refractivity contribution >= 4 is 5.91 Å². The van der Waals surface area contributed by atoms with Gasteiger partial charge in [0.25, 0.3) is 5.91 Å². The lowest BCUT2D eigenvalue weighted by atomic mass is 10.0. The Morgan fingerprint density at radius 2 is 2.25 bits per heavy atom. The summed E-state index contributed by atoms with van der Waals surface area (Å²) < 4.78 is 26.5. The predicted molar refractivity (Wildman–Crippen MR) is 72.3 cm³/mol. The molecule has 2 heterocycles. The van der Waals surface area contributed by atoms with Crippen molar-refractivity contribution in [1.29, 1.82) is 0 Å². The van der Waals surface area contributed by atoms with Crippen LogP contribution in [0.25, 0.3) is 0 Å². The van der Waals surface area contributed by atoms with E-state index in [2.05, 4.69) is 18.8 Å². The molecule has 1 aliphatic rings. The number of nitrogens with zero attached hydrogens (tertiary/aromatic N) is 2. The Morgan fingerprint density at radius 1 is 1.50 bits per heavy atom. The first-order valence-electron chi connectivity index (χ1n) is 7.11. The van der Waals surface area contributed by atoms with E-state index in [4.69, 9.17) is 0 Å². The molecular formula is C15H20F2N2O. The van der Waals surface area contributed by atoms with Crippen molar-refractivity contribution in [1.82, 2.24) is 9.88 Å². The van der Waals surface area contributed by atoms with Crippen LogP contribution in [0, 0.1) is 17.6 Å². The van der Waals surface area contributed by atoms with E-state index in [1.165, 1.54) is 0 Å². The highest BCUT2D eigenvalue weighted by Gasteiger charge is 2.31. The topological polar surface area (TPSA) is 33.2 Å². The highest BCUT2D eigenvalue weighted by molar-refractivity contribution is 5.92. The molecule has 1 saturated heterocycles. The highest BCUT2D eigenvalue weighted by Crippen LogP contribution is 2.25. The summed E-state index contributed by atoms with van der Waals surface area (Å²) in [5.41, 5.74) is -0.275. The van der Waals surface area contributed by atoms with Crippen LogP contribution in [0.2, 0.25) is 0 Å². The molecule has 1 aromatic rings. The Bertz CT molecular complexity index is 491. The van der Waals surface area contributed by atoms with Crippen LogP contribution in [0.4, 0.5) is 8.78 Å². The zero-order valence-corrected chi connectivity index (χ0v) is 11.9. The summed E-state index contributed by atoms with van der Waals surface area (Å²) in [6.45, 7) is 4.91. The molecule has 0 radical (unpaired) electrons. The molecule has 0 aromatic carbocycles. The van der Waals surface area contributed by atoms with Crippen molar-refractivity contribution in [3.05, 3.63) is 29.6 Å². The Hall–Kier alpha value is -1.52. The normalized spacial score (nSPS) is 18.9. The molecule has 1 atom stereocenters. The lowest BCUT2D eigenvalue weighted by Gasteiger charge is -2.25. The van der Waals surface area contributed by atoms with E-state index in [-0.39, 0.29) is 11.7 Å². The number of pyridine rings is 1. The molecule has 0 saturated carbocycles. The quantitative estimate of drug-likeness (QED) is 0.848. The molecule has 0 unspecified atom stereocenters. The molecule has 0 N–H and O–H groups in total. The minimum atomic E-state index is -0.885. The van der Waals surface area contributed by atoms with E-state index >= 15 is 0 Å². The zero-order valence-electron chi connectivity index (χ0n) is 11.9. The Labute approximate surface area is 118 Å². The maximum Gasteiger partial charge on any atom is 0.275 e. The van der Waals surface area contributed by atoms with Gasteiger partial charge in [0.05, 0.1) is 6.20 Å². The fourth-order valence-electron chi connectivity index (χ4n) is 2.64. The van der Waals surface area contributed by atoms with Crippen molar-refractivity contribution in [3.8, 4) is 0 Å². The van der Waals surface area contributed by atoms with Crippen molar-refractivity contribution in [2.45, 2.75) is 45.6 Å². The van der Waals surface area contributed by atoms with E-state index in [9.17, 15) is 13.6 Å². The van der Waals surface area contributed by atoms with Crippen molar-refractivity contribution < 1.29 is 13.6 Å². The van der Waals surface area contributed by atoms with Gasteiger partial charge in [-0.1, -0.05) is 13.8 Å². The number of carbonyl (C=O) groups is 1. The van der Waals surface area contributed by atoms with Gasteiger partial charge in [-0.05, 0) is 31.6 Å². The number of carbonyl (C=O) groups excluding carboxylic acids is 1. The molecule has 1 aromatic heterocycles. The second-order valence-electron chi connectivity index (χ2n) is 5.75. The lowest BCUT2D eigenvalue weighted by Crippen LogP contribution is -2.36. The third-order valence-corrected chi connectivity index (χ3v) is 3.73. The molecule has 0 spiro atoms. The molecule has 1 amide bonds. The van der Waals surface area contributed by atoms with E-state index in [1.807, 2.05) is 0 Å². The Kier molecular flexibility index (Phi) is 4.68. The van der Waals surface area contributed by atoms with Gasteiger partial charge in [0, 0.05) is 18.7 Å². The Morgan fingerprint density at radius 3 is 2.90 bits per heavy atom. The van der Waals surface area contributed by atoms with Gasteiger partial charge in [0.1, 0.15) is 5.82 Å². The summed E-state index contributed by atoms with van der Waals surface area (Å²) in [4.78, 5) is 17.6. The van der Waals surface area contributed by atoms with Gasteiger partial charge in [-0.2, -0.15) is 0 Å². The van der Waals surface area contributed by atoms with E-state index in [0.717, 1.165) is 31.9 Å². The minimum Gasteiger partial charge on any atom is -0.334 e. The minimum absolute atomic E-state index is 0.149. The van der Waals surface area contributed by atoms with Crippen LogP contribution in [-0.4, -0.2) is 28.4 Å². The average Bonchev–Trinajstić information content (AvgIpc) is 2.83. The van der Waals surface area contributed by atoms with Gasteiger partial charge in [-0.15, -0.1) is 0 Å². The van der Waals surface area contributed by atoms with E-state index in [1.54, 1.807) is 4.90 Å². The predicted octanol–water partition coefficient (Wildman–Crippen LogP) is 3.40. The van der Waals surface area contributed by atoms with Gasteiger partial charge >= 0.3 is 0 Å². The first-order chi connectivity index (χ1) is 9.49. The second kappa shape index (κ2) is 6.29. The molecule has 0 bridgehead atoms. The number of likely N-dealkylation sites (tertiary alicyclic amines) is 1. The molecule has 110 valence electrons. The number of aromatic nitrogens is 1. The number of amides is 1. The van der Waals surface area contributed by atoms with Crippen molar-refractivity contribution in [2.75, 3.05) is 6.54 Å². The van der Waals surface area contributed by atoms with Crippen LogP contribution in [0.1, 0.15) is 50.0 Å². The van der Waals surface area contributed by atoms with Crippen LogP contribution >= 0.6 is 0 Å². The van der Waals surface area contributed by atoms with Crippen LogP contribution in [0.3, 0.4) is 0 Å². The summed E-state index contributed by atoms with van der Waals surface area (Å²) in [6, 6.07) is 0.857. The second-order valence-corrected chi connectivity index (χ2v) is 5.75. The summed E-state index contributed by atoms with van der Waals surface area (Å²) >= 11 is 0. The first-order valence-corrected chi connectivity index (χ1v) is 7.11. The van der Waals surface area contributed by atoms with Crippen molar-refractivity contribution in [3.63, 3.8) is 0 Å². The van der Waals surface area contributed by atoms with Crippen LogP contribution in [-0.2, 0) is 0 Å². The molecule has 1 fully saturated rings. The van der Waals surface area contributed by atoms with E-state index in [0.29, 0.717) is 18.5 Å². The number of rotatable bonds is 4. The fraction of sp³-hybridized carbons (Fsp3) is 0.600. The molecule has 0 aliphatic carbocycles. The van der Waals surface area contributed by atoms with E-state index < -0.39 is 17.5 Å². The van der Waals surface area contributed by atoms with Crippen molar-refractivity contribution in [2.24, 2.45) is 5.92 Å².